The molecule has 4 aromatic carbocycles. The number of hydrogen-bond donors (Lipinski definition) is 5. The molecule has 1 aliphatic heterocycles. The highest BCUT2D eigenvalue weighted by Gasteiger charge is 2.38. The maximum atomic E-state index is 13.8. The standard InChI is InChI=1S/C30H28N4O6S2/c35-29-19-28(42(38,39)34-29)21-16-14-20(15-17-21)18-25(30-31-23-10-4-5-11-24(23)32-30)33-41(36,37)27-13-7-6-12-26(27)40-22-8-2-1-3-9-22/h1-17,25,28,33,38-39H,18-19H2,(H,31,32)(H,34,35)/t25-,28?/m0/s1. The van der Waals surface area contributed by atoms with Crippen LogP contribution in [0.5, 0.6) is 11.5 Å². The summed E-state index contributed by atoms with van der Waals surface area (Å²) < 4.78 is 59.2. The molecule has 5 N–H and O–H groups in total. The lowest BCUT2D eigenvalue weighted by atomic mass is 10.0. The smallest absolute Gasteiger partial charge is 0.244 e. The Balaban J connectivity index is 1.31. The molecule has 0 bridgehead atoms. The van der Waals surface area contributed by atoms with Gasteiger partial charge in [-0.05, 0) is 53.9 Å². The van der Waals surface area contributed by atoms with Crippen LogP contribution in [-0.2, 0) is 21.2 Å². The van der Waals surface area contributed by atoms with Crippen molar-refractivity contribution in [2.24, 2.45) is 0 Å². The maximum absolute atomic E-state index is 13.8. The van der Waals surface area contributed by atoms with Crippen LogP contribution in [0.15, 0.2) is 108 Å². The molecule has 6 rings (SSSR count). The van der Waals surface area contributed by atoms with Crippen molar-refractivity contribution >= 4 is 37.7 Å². The Bertz CT molecular complexity index is 1810. The van der Waals surface area contributed by atoms with Gasteiger partial charge in [-0.2, -0.15) is 0 Å². The normalized spacial score (nSPS) is 18.0. The van der Waals surface area contributed by atoms with E-state index in [2.05, 4.69) is 19.4 Å². The first-order chi connectivity index (χ1) is 20.2. The van der Waals surface area contributed by atoms with Crippen LogP contribution in [0.2, 0.25) is 0 Å². The van der Waals surface area contributed by atoms with Crippen molar-refractivity contribution in [1.29, 1.82) is 0 Å². The summed E-state index contributed by atoms with van der Waals surface area (Å²) in [7, 11) is -7.38. The Hall–Kier alpha value is -4.20. The van der Waals surface area contributed by atoms with Crippen LogP contribution < -0.4 is 14.2 Å². The van der Waals surface area contributed by atoms with E-state index >= 15 is 0 Å². The van der Waals surface area contributed by atoms with Crippen LogP contribution in [-0.4, -0.2) is 33.4 Å². The Labute approximate surface area is 244 Å². The summed E-state index contributed by atoms with van der Waals surface area (Å²) in [4.78, 5) is 19.6. The molecule has 1 aromatic heterocycles. The second-order valence-electron chi connectivity index (χ2n) is 9.93. The van der Waals surface area contributed by atoms with Gasteiger partial charge in [-0.3, -0.25) is 18.6 Å². The number of hydrogen-bond acceptors (Lipinski definition) is 7. The minimum Gasteiger partial charge on any atom is -0.456 e. The first-order valence-electron chi connectivity index (χ1n) is 13.1. The highest BCUT2D eigenvalue weighted by Crippen LogP contribution is 2.56. The first kappa shape index (κ1) is 27.9. The van der Waals surface area contributed by atoms with E-state index in [1.54, 1.807) is 66.7 Å². The van der Waals surface area contributed by atoms with Crippen molar-refractivity contribution in [3.63, 3.8) is 0 Å². The number of rotatable bonds is 9. The van der Waals surface area contributed by atoms with E-state index in [0.717, 1.165) is 11.1 Å². The van der Waals surface area contributed by atoms with Gasteiger partial charge in [-0.15, -0.1) is 10.8 Å². The SMILES string of the molecule is O=C1CC(c2ccc(C[C@H](NS(=O)(=O)c3ccccc3Oc3ccccc3)c3nc4ccccc4[nH]3)cc2)S(O)(O)N1. The Kier molecular flexibility index (Phi) is 7.47. The van der Waals surface area contributed by atoms with Crippen molar-refractivity contribution in [3.05, 3.63) is 120 Å². The molecule has 12 heteroatoms. The van der Waals surface area contributed by atoms with Crippen molar-refractivity contribution in [2.75, 3.05) is 0 Å². The summed E-state index contributed by atoms with van der Waals surface area (Å²) in [5.74, 6) is 0.706. The number of aromatic nitrogens is 2. The summed E-state index contributed by atoms with van der Waals surface area (Å²) in [6.07, 6.45) is 0.215. The van der Waals surface area contributed by atoms with Gasteiger partial charge < -0.3 is 9.72 Å². The zero-order valence-electron chi connectivity index (χ0n) is 22.2. The fourth-order valence-electron chi connectivity index (χ4n) is 4.93. The Morgan fingerprint density at radius 1 is 0.929 bits per heavy atom. The second kappa shape index (κ2) is 11.2. The fraction of sp³-hybridized carbons (Fsp3) is 0.133. The molecule has 1 fully saturated rings. The molecule has 216 valence electrons. The van der Waals surface area contributed by atoms with Gasteiger partial charge in [0, 0.05) is 0 Å². The van der Waals surface area contributed by atoms with Crippen molar-refractivity contribution in [3.8, 4) is 11.5 Å². The highest BCUT2D eigenvalue weighted by molar-refractivity contribution is 8.23. The van der Waals surface area contributed by atoms with Gasteiger partial charge in [0.1, 0.15) is 27.5 Å². The largest absolute Gasteiger partial charge is 0.456 e. The number of nitrogens with one attached hydrogen (secondary N) is 3. The molecule has 5 aromatic rings. The van der Waals surface area contributed by atoms with Crippen molar-refractivity contribution in [1.82, 2.24) is 19.4 Å². The molecule has 10 nitrogen and oxygen atoms in total. The van der Waals surface area contributed by atoms with E-state index in [0.29, 0.717) is 22.7 Å². The van der Waals surface area contributed by atoms with Crippen LogP contribution in [0, 0.1) is 0 Å². The molecular weight excluding hydrogens is 576 g/mol. The van der Waals surface area contributed by atoms with E-state index in [1.807, 2.05) is 30.3 Å². The second-order valence-corrected chi connectivity index (χ2v) is 13.6. The molecule has 0 spiro atoms. The van der Waals surface area contributed by atoms with Gasteiger partial charge >= 0.3 is 0 Å². The summed E-state index contributed by atoms with van der Waals surface area (Å²) in [6.45, 7) is 0. The third-order valence-electron chi connectivity index (χ3n) is 6.97. The number of sulfonamides is 1. The predicted octanol–water partition coefficient (Wildman–Crippen LogP) is 5.84. The number of ether oxygens (including phenoxy) is 1. The molecule has 0 radical (unpaired) electrons. The molecule has 0 aliphatic carbocycles. The number of fused-ring (bicyclic) bond motifs is 1. The maximum Gasteiger partial charge on any atom is 0.244 e. The number of para-hydroxylation sites is 4. The topological polar surface area (TPSA) is 154 Å². The van der Waals surface area contributed by atoms with Gasteiger partial charge in [0.15, 0.2) is 0 Å². The molecule has 2 atom stereocenters. The van der Waals surface area contributed by atoms with Gasteiger partial charge in [0.25, 0.3) is 0 Å². The van der Waals surface area contributed by atoms with Crippen LogP contribution in [0.1, 0.15) is 34.7 Å². The summed E-state index contributed by atoms with van der Waals surface area (Å²) in [5.41, 5.74) is 2.84. The van der Waals surface area contributed by atoms with E-state index in [4.69, 9.17) is 4.74 Å². The highest BCUT2D eigenvalue weighted by atomic mass is 32.3. The van der Waals surface area contributed by atoms with Crippen LogP contribution >= 0.6 is 10.8 Å². The number of H-pyrrole nitrogens is 1. The summed E-state index contributed by atoms with van der Waals surface area (Å²) in [6, 6.07) is 29.0. The molecule has 2 heterocycles. The number of carbonyl (C=O) groups is 1. The number of imidazole rings is 1. The molecule has 0 saturated carbocycles. The predicted molar refractivity (Wildman–Crippen MR) is 161 cm³/mol. The van der Waals surface area contributed by atoms with Crippen LogP contribution in [0.25, 0.3) is 11.0 Å². The molecule has 1 amide bonds. The fourth-order valence-corrected chi connectivity index (χ4v) is 7.74. The number of benzene rings is 4. The Morgan fingerprint density at radius 2 is 1.62 bits per heavy atom. The molecule has 1 aliphatic rings. The number of aromatic amines is 1. The van der Waals surface area contributed by atoms with Gasteiger partial charge in [-0.1, -0.05) is 66.7 Å². The summed E-state index contributed by atoms with van der Waals surface area (Å²) >= 11 is 0. The zero-order chi connectivity index (χ0) is 29.3. The minimum atomic E-state index is -4.10. The Morgan fingerprint density at radius 3 is 2.33 bits per heavy atom. The molecule has 1 saturated heterocycles. The summed E-state index contributed by atoms with van der Waals surface area (Å²) in [5, 5.41) is -0.746. The van der Waals surface area contributed by atoms with E-state index < -0.39 is 38.0 Å². The number of nitrogens with zero attached hydrogens (tertiary/aromatic N) is 1. The van der Waals surface area contributed by atoms with Gasteiger partial charge in [0.05, 0.1) is 23.5 Å². The number of carbonyl (C=O) groups excluding carboxylic acids is 1. The monoisotopic (exact) mass is 604 g/mol. The average Bonchev–Trinajstić information content (AvgIpc) is 3.53. The lowest BCUT2D eigenvalue weighted by Gasteiger charge is -2.32. The average molecular weight is 605 g/mol. The van der Waals surface area contributed by atoms with Crippen LogP contribution in [0.4, 0.5) is 0 Å². The molecule has 1 unspecified atom stereocenters. The third-order valence-corrected chi connectivity index (χ3v) is 10.2. The van der Waals surface area contributed by atoms with E-state index in [1.165, 1.54) is 6.07 Å². The van der Waals surface area contributed by atoms with Crippen molar-refractivity contribution in [2.45, 2.75) is 29.0 Å². The van der Waals surface area contributed by atoms with Crippen molar-refractivity contribution < 1.29 is 27.1 Å². The third kappa shape index (κ3) is 5.89. The lowest BCUT2D eigenvalue weighted by Crippen LogP contribution is -2.31. The lowest BCUT2D eigenvalue weighted by molar-refractivity contribution is -0.118. The molecular formula is C30H28N4O6S2. The zero-order valence-corrected chi connectivity index (χ0v) is 23.8. The first-order valence-corrected chi connectivity index (χ1v) is 16.2. The van der Waals surface area contributed by atoms with Crippen LogP contribution in [0.3, 0.4) is 0 Å². The molecule has 42 heavy (non-hydrogen) atoms. The minimum absolute atomic E-state index is 0.0195. The van der Waals surface area contributed by atoms with E-state index in [9.17, 15) is 22.3 Å². The van der Waals surface area contributed by atoms with Gasteiger partial charge in [-0.25, -0.2) is 18.1 Å². The van der Waals surface area contributed by atoms with Gasteiger partial charge in [0.2, 0.25) is 15.9 Å². The van der Waals surface area contributed by atoms with E-state index in [-0.39, 0.29) is 23.5 Å². The quantitative estimate of drug-likeness (QED) is 0.142. The number of amides is 1.